The molecule has 220 valence electrons. The van der Waals surface area contributed by atoms with Gasteiger partial charge in [0, 0.05) is 34.1 Å². The van der Waals surface area contributed by atoms with Gasteiger partial charge in [-0.3, -0.25) is 13.9 Å². The number of amides is 2. The number of anilines is 1. The topological polar surface area (TPSA) is 86.8 Å². The molecule has 0 spiro atoms. The Labute approximate surface area is 253 Å². The van der Waals surface area contributed by atoms with Crippen LogP contribution in [0.4, 0.5) is 5.69 Å². The summed E-state index contributed by atoms with van der Waals surface area (Å²) in [6.07, 6.45) is 1.83. The Kier molecular flexibility index (Phi) is 10.9. The van der Waals surface area contributed by atoms with Crippen LogP contribution < -0.4 is 9.62 Å². The summed E-state index contributed by atoms with van der Waals surface area (Å²) in [5.41, 5.74) is 1.91. The Morgan fingerprint density at radius 1 is 0.902 bits per heavy atom. The number of sulfonamides is 1. The van der Waals surface area contributed by atoms with Gasteiger partial charge in [-0.2, -0.15) is 0 Å². The van der Waals surface area contributed by atoms with E-state index in [2.05, 4.69) is 5.32 Å². The molecule has 0 saturated heterocycles. The first kappa shape index (κ1) is 32.4. The summed E-state index contributed by atoms with van der Waals surface area (Å²) < 4.78 is 27.2. The summed E-state index contributed by atoms with van der Waals surface area (Å²) in [5.74, 6) is -0.944. The van der Waals surface area contributed by atoms with Crippen molar-refractivity contribution in [1.29, 1.82) is 0 Å². The molecule has 0 aliphatic rings. The number of rotatable bonds is 11. The molecule has 2 amide bonds. The Morgan fingerprint density at radius 3 is 2.05 bits per heavy atom. The highest BCUT2D eigenvalue weighted by molar-refractivity contribution is 7.92. The lowest BCUT2D eigenvalue weighted by Gasteiger charge is -2.35. The maximum absolute atomic E-state index is 14.3. The number of nitrogens with zero attached hydrogens (tertiary/aromatic N) is 2. The highest BCUT2D eigenvalue weighted by Crippen LogP contribution is 2.29. The molecule has 0 fully saturated rings. The zero-order chi connectivity index (χ0) is 30.4. The minimum atomic E-state index is -3.87. The number of hydrogen-bond donors (Lipinski definition) is 1. The fourth-order valence-electron chi connectivity index (χ4n) is 4.51. The Morgan fingerprint density at radius 2 is 1.49 bits per heavy atom. The van der Waals surface area contributed by atoms with E-state index in [1.165, 1.54) is 4.90 Å². The summed E-state index contributed by atoms with van der Waals surface area (Å²) in [7, 11) is -3.87. The van der Waals surface area contributed by atoms with Crippen molar-refractivity contribution in [3.8, 4) is 0 Å². The lowest BCUT2D eigenvalue weighted by molar-refractivity contribution is -0.140. The van der Waals surface area contributed by atoms with Crippen molar-refractivity contribution in [2.75, 3.05) is 17.1 Å². The first-order valence-electron chi connectivity index (χ1n) is 13.3. The van der Waals surface area contributed by atoms with Crippen LogP contribution in [0, 0.1) is 0 Å². The van der Waals surface area contributed by atoms with E-state index in [-0.39, 0.29) is 18.9 Å². The summed E-state index contributed by atoms with van der Waals surface area (Å²) in [6.45, 7) is 6.88. The molecule has 3 aromatic rings. The van der Waals surface area contributed by atoms with Gasteiger partial charge >= 0.3 is 0 Å². The second-order valence-corrected chi connectivity index (χ2v) is 13.6. The largest absolute Gasteiger partial charge is 0.350 e. The molecule has 0 aliphatic heterocycles. The molecular formula is C31H37Cl2N3O4S. The number of nitrogens with one attached hydrogen (secondary N) is 1. The molecule has 0 aliphatic carbocycles. The second-order valence-electron chi connectivity index (χ2n) is 10.9. The zero-order valence-electron chi connectivity index (χ0n) is 24.0. The van der Waals surface area contributed by atoms with E-state index in [1.54, 1.807) is 30.3 Å². The van der Waals surface area contributed by atoms with E-state index in [4.69, 9.17) is 23.2 Å². The quantitative estimate of drug-likeness (QED) is 0.291. The number of carbonyl (C=O) groups is 2. The van der Waals surface area contributed by atoms with Crippen molar-refractivity contribution in [3.05, 3.63) is 99.5 Å². The minimum Gasteiger partial charge on any atom is -0.350 e. The van der Waals surface area contributed by atoms with Crippen molar-refractivity contribution in [2.45, 2.75) is 58.7 Å². The number of hydrogen-bond acceptors (Lipinski definition) is 4. The normalized spacial score (nSPS) is 12.5. The number of halogens is 2. The molecule has 1 atom stereocenters. The van der Waals surface area contributed by atoms with Crippen molar-refractivity contribution in [1.82, 2.24) is 10.2 Å². The highest BCUT2D eigenvalue weighted by Gasteiger charge is 2.35. The van der Waals surface area contributed by atoms with Crippen LogP contribution in [0.15, 0.2) is 72.8 Å². The number of para-hydroxylation sites is 1. The SMILES string of the molecule is CCc1ccccc1N(CC(=O)N(Cc1c(Cl)cccc1Cl)[C@H](Cc1ccccc1)C(=O)NC(C)(C)C)S(C)(=O)=O. The van der Waals surface area contributed by atoms with Crippen LogP contribution in [-0.2, 0) is 39.0 Å². The van der Waals surface area contributed by atoms with E-state index >= 15 is 0 Å². The molecule has 7 nitrogen and oxygen atoms in total. The molecular weight excluding hydrogens is 581 g/mol. The van der Waals surface area contributed by atoms with Gasteiger partial charge in [0.2, 0.25) is 21.8 Å². The van der Waals surface area contributed by atoms with Crippen LogP contribution in [0.3, 0.4) is 0 Å². The van der Waals surface area contributed by atoms with Crippen LogP contribution in [0.2, 0.25) is 10.0 Å². The zero-order valence-corrected chi connectivity index (χ0v) is 26.4. The average Bonchev–Trinajstić information content (AvgIpc) is 2.89. The van der Waals surface area contributed by atoms with Crippen LogP contribution >= 0.6 is 23.2 Å². The third-order valence-electron chi connectivity index (χ3n) is 6.48. The molecule has 1 N–H and O–H groups in total. The molecule has 3 rings (SSSR count). The maximum atomic E-state index is 14.3. The number of benzene rings is 3. The Hall–Kier alpha value is -3.07. The minimum absolute atomic E-state index is 0.0978. The van der Waals surface area contributed by atoms with Crippen molar-refractivity contribution in [2.24, 2.45) is 0 Å². The fourth-order valence-corrected chi connectivity index (χ4v) is 5.91. The first-order valence-corrected chi connectivity index (χ1v) is 16.0. The maximum Gasteiger partial charge on any atom is 0.244 e. The molecule has 10 heteroatoms. The molecule has 0 heterocycles. The summed E-state index contributed by atoms with van der Waals surface area (Å²) >= 11 is 13.0. The Balaban J connectivity index is 2.14. The van der Waals surface area contributed by atoms with Crippen LogP contribution in [0.25, 0.3) is 0 Å². The van der Waals surface area contributed by atoms with Crippen molar-refractivity contribution >= 4 is 50.7 Å². The van der Waals surface area contributed by atoms with Gasteiger partial charge in [0.25, 0.3) is 0 Å². The summed E-state index contributed by atoms with van der Waals surface area (Å²) in [5, 5.41) is 3.66. The van der Waals surface area contributed by atoms with Crippen LogP contribution in [0.5, 0.6) is 0 Å². The third-order valence-corrected chi connectivity index (χ3v) is 8.31. The predicted octanol–water partition coefficient (Wildman–Crippen LogP) is 5.88. The highest BCUT2D eigenvalue weighted by atomic mass is 35.5. The van der Waals surface area contributed by atoms with Crippen molar-refractivity contribution in [3.63, 3.8) is 0 Å². The summed E-state index contributed by atoms with van der Waals surface area (Å²) in [4.78, 5) is 29.5. The molecule has 41 heavy (non-hydrogen) atoms. The van der Waals surface area contributed by atoms with Gasteiger partial charge in [0.05, 0.1) is 11.9 Å². The van der Waals surface area contributed by atoms with E-state index in [0.717, 1.165) is 21.7 Å². The molecule has 0 bridgehead atoms. The van der Waals surface area contributed by atoms with E-state index < -0.39 is 34.1 Å². The van der Waals surface area contributed by atoms with E-state index in [9.17, 15) is 18.0 Å². The summed E-state index contributed by atoms with van der Waals surface area (Å²) in [6, 6.07) is 20.4. The lowest BCUT2D eigenvalue weighted by atomic mass is 10.0. The fraction of sp³-hybridized carbons (Fsp3) is 0.355. The smallest absolute Gasteiger partial charge is 0.244 e. The lowest BCUT2D eigenvalue weighted by Crippen LogP contribution is -2.56. The molecule has 0 unspecified atom stereocenters. The standard InChI is InChI=1S/C31H37Cl2N3O4S/c1-6-23-15-10-11-18-27(23)36(41(5,39)40)21-29(37)35(20-24-25(32)16-12-17-26(24)33)28(30(38)34-31(2,3)4)19-22-13-8-7-9-14-22/h7-18,28H,6,19-21H2,1-5H3,(H,34,38)/t28-/m1/s1. The van der Waals surface area contributed by atoms with E-state index in [1.807, 2.05) is 70.2 Å². The van der Waals surface area contributed by atoms with Crippen LogP contribution in [0.1, 0.15) is 44.4 Å². The third kappa shape index (κ3) is 8.96. The van der Waals surface area contributed by atoms with Gasteiger partial charge in [-0.15, -0.1) is 0 Å². The van der Waals surface area contributed by atoms with Gasteiger partial charge in [-0.25, -0.2) is 8.42 Å². The van der Waals surface area contributed by atoms with Crippen LogP contribution in [-0.4, -0.2) is 49.5 Å². The van der Waals surface area contributed by atoms with Gasteiger partial charge in [0.15, 0.2) is 0 Å². The molecule has 0 aromatic heterocycles. The second kappa shape index (κ2) is 13.7. The molecule has 3 aromatic carbocycles. The van der Waals surface area contributed by atoms with Gasteiger partial charge in [-0.05, 0) is 56.5 Å². The first-order chi connectivity index (χ1) is 19.2. The van der Waals surface area contributed by atoms with Gasteiger partial charge in [-0.1, -0.05) is 84.7 Å². The van der Waals surface area contributed by atoms with Gasteiger partial charge < -0.3 is 10.2 Å². The molecule has 0 radical (unpaired) electrons. The number of carbonyl (C=O) groups excluding carboxylic acids is 2. The number of aryl methyl sites for hydroxylation is 1. The van der Waals surface area contributed by atoms with Crippen molar-refractivity contribution < 1.29 is 18.0 Å². The molecule has 0 saturated carbocycles. The monoisotopic (exact) mass is 617 g/mol. The average molecular weight is 619 g/mol. The van der Waals surface area contributed by atoms with Gasteiger partial charge in [0.1, 0.15) is 12.6 Å². The van der Waals surface area contributed by atoms with E-state index in [0.29, 0.717) is 27.7 Å². The predicted molar refractivity (Wildman–Crippen MR) is 167 cm³/mol. The Bertz CT molecular complexity index is 1450.